The van der Waals surface area contributed by atoms with Gasteiger partial charge in [0.25, 0.3) is 0 Å². The molecule has 1 aliphatic carbocycles. The SMILES string of the molecule is COC(=O)[C@H]1SC[C@@](O)(c2ccccc2F)[C@@H]1C1=CC(=O)CCC1. The molecule has 0 aromatic heterocycles. The van der Waals surface area contributed by atoms with Gasteiger partial charge in [0.2, 0.25) is 0 Å². The molecule has 1 fully saturated rings. The molecule has 4 nitrogen and oxygen atoms in total. The lowest BCUT2D eigenvalue weighted by atomic mass is 9.73. The van der Waals surface area contributed by atoms with Crippen LogP contribution in [0.5, 0.6) is 0 Å². The number of ketones is 1. The van der Waals surface area contributed by atoms with Gasteiger partial charge in [0.05, 0.1) is 7.11 Å². The predicted octanol–water partition coefficient (Wildman–Crippen LogP) is 2.60. The summed E-state index contributed by atoms with van der Waals surface area (Å²) in [5.74, 6) is -1.50. The van der Waals surface area contributed by atoms with Crippen molar-refractivity contribution >= 4 is 23.5 Å². The van der Waals surface area contributed by atoms with Crippen molar-refractivity contribution in [2.75, 3.05) is 12.9 Å². The number of benzene rings is 1. The summed E-state index contributed by atoms with van der Waals surface area (Å²) < 4.78 is 19.2. The molecule has 0 amide bonds. The van der Waals surface area contributed by atoms with Gasteiger partial charge in [0, 0.05) is 23.7 Å². The Labute approximate surface area is 144 Å². The van der Waals surface area contributed by atoms with Crippen LogP contribution in [0.3, 0.4) is 0 Å². The number of allylic oxidation sites excluding steroid dienone is 1. The maximum atomic E-state index is 14.3. The quantitative estimate of drug-likeness (QED) is 0.849. The van der Waals surface area contributed by atoms with E-state index < -0.39 is 28.6 Å². The molecule has 24 heavy (non-hydrogen) atoms. The van der Waals surface area contributed by atoms with E-state index in [-0.39, 0.29) is 17.1 Å². The lowest BCUT2D eigenvalue weighted by Crippen LogP contribution is -2.41. The van der Waals surface area contributed by atoms with Crippen molar-refractivity contribution in [1.82, 2.24) is 0 Å². The number of carbonyl (C=O) groups is 2. The largest absolute Gasteiger partial charge is 0.468 e. The van der Waals surface area contributed by atoms with E-state index in [1.165, 1.54) is 37.1 Å². The minimum absolute atomic E-state index is 0.0207. The third kappa shape index (κ3) is 2.89. The smallest absolute Gasteiger partial charge is 0.319 e. The molecule has 0 unspecified atom stereocenters. The maximum absolute atomic E-state index is 14.3. The number of ether oxygens (including phenoxy) is 1. The molecule has 1 aromatic rings. The van der Waals surface area contributed by atoms with Crippen molar-refractivity contribution in [3.8, 4) is 0 Å². The molecule has 0 bridgehead atoms. The first-order valence-corrected chi connectivity index (χ1v) is 8.92. The Morgan fingerprint density at radius 3 is 2.79 bits per heavy atom. The lowest BCUT2D eigenvalue weighted by Gasteiger charge is -2.34. The average molecular weight is 350 g/mol. The molecule has 6 heteroatoms. The van der Waals surface area contributed by atoms with Gasteiger partial charge in [-0.2, -0.15) is 0 Å². The van der Waals surface area contributed by atoms with Crippen molar-refractivity contribution in [2.24, 2.45) is 5.92 Å². The number of methoxy groups -OCH3 is 1. The second-order valence-corrected chi connectivity index (χ2v) is 7.31. The summed E-state index contributed by atoms with van der Waals surface area (Å²) in [4.78, 5) is 24.0. The standard InChI is InChI=1S/C18H19FO4S/c1-23-17(21)16-15(11-5-4-6-12(20)9-11)18(22,10-24-16)13-7-2-3-8-14(13)19/h2-3,7-9,15-16,22H,4-6,10H2,1H3/t15-,16+,18-/m1/s1. The molecular weight excluding hydrogens is 331 g/mol. The normalized spacial score (nSPS) is 30.1. The first kappa shape index (κ1) is 17.2. The van der Waals surface area contributed by atoms with Gasteiger partial charge in [0.1, 0.15) is 16.7 Å². The predicted molar refractivity (Wildman–Crippen MR) is 89.0 cm³/mol. The fourth-order valence-corrected chi connectivity index (χ4v) is 5.19. The zero-order valence-electron chi connectivity index (χ0n) is 13.3. The van der Waals surface area contributed by atoms with Crippen LogP contribution in [-0.4, -0.2) is 35.0 Å². The van der Waals surface area contributed by atoms with E-state index in [1.807, 2.05) is 0 Å². The number of hydrogen-bond acceptors (Lipinski definition) is 5. The fraction of sp³-hybridized carbons (Fsp3) is 0.444. The zero-order chi connectivity index (χ0) is 17.3. The topological polar surface area (TPSA) is 63.6 Å². The summed E-state index contributed by atoms with van der Waals surface area (Å²) in [7, 11) is 1.29. The zero-order valence-corrected chi connectivity index (χ0v) is 14.1. The highest BCUT2D eigenvalue weighted by atomic mass is 32.2. The van der Waals surface area contributed by atoms with Gasteiger partial charge < -0.3 is 9.84 Å². The molecule has 0 spiro atoms. The molecule has 0 radical (unpaired) electrons. The minimum atomic E-state index is -1.54. The van der Waals surface area contributed by atoms with Crippen molar-refractivity contribution in [3.05, 3.63) is 47.3 Å². The van der Waals surface area contributed by atoms with Crippen molar-refractivity contribution in [3.63, 3.8) is 0 Å². The Kier molecular flexibility index (Phi) is 4.78. The van der Waals surface area contributed by atoms with Gasteiger partial charge in [-0.15, -0.1) is 11.8 Å². The van der Waals surface area contributed by atoms with Crippen molar-refractivity contribution in [1.29, 1.82) is 0 Å². The third-order valence-corrected chi connectivity index (χ3v) is 6.14. The highest BCUT2D eigenvalue weighted by Crippen LogP contribution is 2.51. The number of halogens is 1. The molecule has 1 heterocycles. The van der Waals surface area contributed by atoms with E-state index in [9.17, 15) is 19.1 Å². The van der Waals surface area contributed by atoms with Gasteiger partial charge in [-0.25, -0.2) is 4.39 Å². The Morgan fingerprint density at radius 2 is 2.12 bits per heavy atom. The number of carbonyl (C=O) groups excluding carboxylic acids is 2. The van der Waals surface area contributed by atoms with E-state index in [0.717, 1.165) is 0 Å². The summed E-state index contributed by atoms with van der Waals surface area (Å²) >= 11 is 1.25. The van der Waals surface area contributed by atoms with Crippen LogP contribution in [0, 0.1) is 11.7 Å². The van der Waals surface area contributed by atoms with Gasteiger partial charge in [0.15, 0.2) is 5.78 Å². The molecule has 1 aromatic carbocycles. The summed E-state index contributed by atoms with van der Waals surface area (Å²) in [6.07, 6.45) is 3.26. The molecule has 0 saturated carbocycles. The van der Waals surface area contributed by atoms with E-state index in [2.05, 4.69) is 0 Å². The summed E-state index contributed by atoms with van der Waals surface area (Å²) in [6, 6.07) is 6.04. The monoisotopic (exact) mass is 350 g/mol. The first-order valence-electron chi connectivity index (χ1n) is 7.87. The van der Waals surface area contributed by atoms with Crippen molar-refractivity contribution < 1.29 is 23.8 Å². The molecule has 3 rings (SSSR count). The second-order valence-electron chi connectivity index (χ2n) is 6.18. The van der Waals surface area contributed by atoms with Crippen LogP contribution < -0.4 is 0 Å². The van der Waals surface area contributed by atoms with Crippen LogP contribution in [0.2, 0.25) is 0 Å². The third-order valence-electron chi connectivity index (χ3n) is 4.71. The van der Waals surface area contributed by atoms with Crippen LogP contribution >= 0.6 is 11.8 Å². The van der Waals surface area contributed by atoms with Crippen LogP contribution in [0.15, 0.2) is 35.9 Å². The van der Waals surface area contributed by atoms with E-state index >= 15 is 0 Å². The molecule has 1 aliphatic heterocycles. The van der Waals surface area contributed by atoms with Crippen LogP contribution in [0.25, 0.3) is 0 Å². The van der Waals surface area contributed by atoms with E-state index in [1.54, 1.807) is 12.1 Å². The molecule has 3 atom stereocenters. The van der Waals surface area contributed by atoms with Gasteiger partial charge >= 0.3 is 5.97 Å². The molecule has 2 aliphatic rings. The van der Waals surface area contributed by atoms with E-state index in [4.69, 9.17) is 4.74 Å². The maximum Gasteiger partial charge on any atom is 0.319 e. The van der Waals surface area contributed by atoms with Gasteiger partial charge in [-0.3, -0.25) is 9.59 Å². The Hall–Kier alpha value is -1.66. The van der Waals surface area contributed by atoms with Crippen molar-refractivity contribution in [2.45, 2.75) is 30.1 Å². The van der Waals surface area contributed by atoms with Crippen LogP contribution in [-0.2, 0) is 19.9 Å². The highest BCUT2D eigenvalue weighted by Gasteiger charge is 2.54. The van der Waals surface area contributed by atoms with Crippen LogP contribution in [0.1, 0.15) is 24.8 Å². The number of thioether (sulfide) groups is 1. The molecule has 1 N–H and O–H groups in total. The Bertz CT molecular complexity index is 702. The summed E-state index contributed by atoms with van der Waals surface area (Å²) in [5, 5.41) is 10.7. The minimum Gasteiger partial charge on any atom is -0.468 e. The Balaban J connectivity index is 2.09. The first-order chi connectivity index (χ1) is 11.5. The highest BCUT2D eigenvalue weighted by molar-refractivity contribution is 8.01. The van der Waals surface area contributed by atoms with Crippen LogP contribution in [0.4, 0.5) is 4.39 Å². The number of aliphatic hydroxyl groups is 1. The molecular formula is C18H19FO4S. The number of hydrogen-bond donors (Lipinski definition) is 1. The number of esters is 1. The number of rotatable bonds is 3. The Morgan fingerprint density at radius 1 is 1.38 bits per heavy atom. The second kappa shape index (κ2) is 6.69. The lowest BCUT2D eigenvalue weighted by molar-refractivity contribution is -0.142. The molecule has 1 saturated heterocycles. The van der Waals surface area contributed by atoms with Gasteiger partial charge in [-0.05, 0) is 25.0 Å². The fourth-order valence-electron chi connectivity index (χ4n) is 3.60. The average Bonchev–Trinajstić information content (AvgIpc) is 2.93. The van der Waals surface area contributed by atoms with E-state index in [0.29, 0.717) is 24.8 Å². The molecule has 128 valence electrons. The summed E-state index contributed by atoms with van der Waals surface area (Å²) in [5.41, 5.74) is -0.677. The summed E-state index contributed by atoms with van der Waals surface area (Å²) in [6.45, 7) is 0. The van der Waals surface area contributed by atoms with Gasteiger partial charge in [-0.1, -0.05) is 23.8 Å².